The molecule has 2 saturated heterocycles. The van der Waals surface area contributed by atoms with Gasteiger partial charge in [0.15, 0.2) is 12.2 Å². The lowest BCUT2D eigenvalue weighted by Gasteiger charge is -2.57. The van der Waals surface area contributed by atoms with E-state index in [0.717, 1.165) is 6.42 Å². The molecule has 8 heteroatoms. The molecule has 2 heterocycles. The van der Waals surface area contributed by atoms with Crippen LogP contribution < -0.4 is 0 Å². The minimum Gasteiger partial charge on any atom is -0.465 e. The number of epoxide rings is 1. The Morgan fingerprint density at radius 3 is 2.34 bits per heavy atom. The lowest BCUT2D eigenvalue weighted by Crippen LogP contribution is -2.66. The molecule has 1 saturated carbocycles. The molecule has 0 aromatic carbocycles. The van der Waals surface area contributed by atoms with Gasteiger partial charge in [0, 0.05) is 26.2 Å². The molecule has 2 aliphatic heterocycles. The molecule has 29 heavy (non-hydrogen) atoms. The van der Waals surface area contributed by atoms with Crippen LogP contribution in [0.4, 0.5) is 0 Å². The predicted molar refractivity (Wildman–Crippen MR) is 98.6 cm³/mol. The lowest BCUT2D eigenvalue weighted by atomic mass is 9.51. The van der Waals surface area contributed by atoms with Crippen molar-refractivity contribution in [3.63, 3.8) is 0 Å². The first-order valence-corrected chi connectivity index (χ1v) is 10.0. The van der Waals surface area contributed by atoms with Gasteiger partial charge in [-0.05, 0) is 19.8 Å². The molecule has 0 N–H and O–H groups in total. The molecule has 2 aliphatic carbocycles. The van der Waals surface area contributed by atoms with Crippen molar-refractivity contribution in [3.8, 4) is 0 Å². The maximum absolute atomic E-state index is 12.0. The van der Waals surface area contributed by atoms with Gasteiger partial charge in [-0.15, -0.1) is 0 Å². The topological polar surface area (TPSA) is 101 Å². The Labute approximate surface area is 169 Å². The number of carbonyl (C=O) groups is 3. The third kappa shape index (κ3) is 2.68. The highest BCUT2D eigenvalue weighted by Crippen LogP contribution is 2.72. The van der Waals surface area contributed by atoms with Gasteiger partial charge in [-0.25, -0.2) is 0 Å². The maximum Gasteiger partial charge on any atom is 0.303 e. The number of hydrogen-bond acceptors (Lipinski definition) is 8. The Morgan fingerprint density at radius 1 is 1.14 bits per heavy atom. The van der Waals surface area contributed by atoms with Crippen molar-refractivity contribution < 1.29 is 38.1 Å². The van der Waals surface area contributed by atoms with Gasteiger partial charge in [-0.2, -0.15) is 0 Å². The van der Waals surface area contributed by atoms with Crippen molar-refractivity contribution in [2.24, 2.45) is 10.8 Å². The predicted octanol–water partition coefficient (Wildman–Crippen LogP) is 1.70. The minimum atomic E-state index is -0.794. The van der Waals surface area contributed by atoms with Gasteiger partial charge in [0.2, 0.25) is 0 Å². The van der Waals surface area contributed by atoms with Crippen LogP contribution in [0.25, 0.3) is 0 Å². The molecule has 0 radical (unpaired) electrons. The molecule has 2 unspecified atom stereocenters. The highest BCUT2D eigenvalue weighted by atomic mass is 16.7. The summed E-state index contributed by atoms with van der Waals surface area (Å²) in [4.78, 5) is 35.6. The van der Waals surface area contributed by atoms with Crippen molar-refractivity contribution in [1.29, 1.82) is 0 Å². The van der Waals surface area contributed by atoms with Gasteiger partial charge in [-0.1, -0.05) is 18.6 Å². The van der Waals surface area contributed by atoms with Crippen molar-refractivity contribution >= 4 is 17.9 Å². The third-order valence-electron chi connectivity index (χ3n) is 7.36. The summed E-state index contributed by atoms with van der Waals surface area (Å²) in [6.45, 7) is 8.57. The number of allylic oxidation sites excluding steroid dienone is 1. The van der Waals surface area contributed by atoms with E-state index in [1.807, 2.05) is 13.8 Å². The summed E-state index contributed by atoms with van der Waals surface area (Å²) >= 11 is 0. The highest BCUT2D eigenvalue weighted by Gasteiger charge is 2.86. The number of fused-ring (bicyclic) bond motifs is 2. The minimum absolute atomic E-state index is 0.107. The van der Waals surface area contributed by atoms with Crippen LogP contribution in [0, 0.1) is 10.8 Å². The first kappa shape index (κ1) is 20.3. The largest absolute Gasteiger partial charge is 0.465 e. The third-order valence-corrected chi connectivity index (χ3v) is 7.36. The van der Waals surface area contributed by atoms with E-state index in [1.54, 1.807) is 0 Å². The van der Waals surface area contributed by atoms with Gasteiger partial charge in [0.25, 0.3) is 0 Å². The van der Waals surface area contributed by atoms with E-state index >= 15 is 0 Å². The Balaban J connectivity index is 1.87. The number of esters is 3. The van der Waals surface area contributed by atoms with Crippen LogP contribution in [-0.2, 0) is 38.1 Å². The van der Waals surface area contributed by atoms with E-state index in [-0.39, 0.29) is 18.7 Å². The maximum atomic E-state index is 12.0. The zero-order chi connectivity index (χ0) is 21.2. The van der Waals surface area contributed by atoms with Crippen LogP contribution in [-0.4, -0.2) is 61.1 Å². The first-order valence-electron chi connectivity index (χ1n) is 10.0. The second-order valence-electron chi connectivity index (χ2n) is 8.91. The summed E-state index contributed by atoms with van der Waals surface area (Å²) in [5.41, 5.74) is -1.04. The summed E-state index contributed by atoms with van der Waals surface area (Å²) in [5.74, 6) is -1.34. The van der Waals surface area contributed by atoms with Crippen LogP contribution in [0.1, 0.15) is 47.5 Å². The second-order valence-corrected chi connectivity index (χ2v) is 8.91. The molecule has 0 amide bonds. The van der Waals surface area contributed by atoms with Gasteiger partial charge in [0.05, 0.1) is 18.1 Å². The van der Waals surface area contributed by atoms with Crippen molar-refractivity contribution in [3.05, 3.63) is 11.6 Å². The summed E-state index contributed by atoms with van der Waals surface area (Å²) in [6.07, 6.45) is 1.00. The monoisotopic (exact) mass is 408 g/mol. The van der Waals surface area contributed by atoms with Crippen LogP contribution in [0.15, 0.2) is 11.6 Å². The number of hydrogen-bond donors (Lipinski definition) is 0. The van der Waals surface area contributed by atoms with E-state index in [4.69, 9.17) is 23.7 Å². The fourth-order valence-corrected chi connectivity index (χ4v) is 5.88. The summed E-state index contributed by atoms with van der Waals surface area (Å²) in [7, 11) is 0. The molecule has 4 rings (SSSR count). The summed E-state index contributed by atoms with van der Waals surface area (Å²) in [5, 5.41) is 0. The standard InChI is InChI=1S/C21H28O8/c1-11-6-7-20(9-25-12(2)22)15(8-11)29-18-16(27-13(3)23)17(28-14(4)24)19(20,5)21(18)10-26-21/h8,15-18H,6-7,9-10H2,1-5H3/t15?,16-,17+,18-,19-,20-,21?/m0/s1. The fraction of sp³-hybridized carbons (Fsp3) is 0.762. The highest BCUT2D eigenvalue weighted by molar-refractivity contribution is 5.68. The van der Waals surface area contributed by atoms with E-state index in [0.29, 0.717) is 13.0 Å². The zero-order valence-electron chi connectivity index (χ0n) is 17.5. The lowest BCUT2D eigenvalue weighted by molar-refractivity contribution is -0.233. The van der Waals surface area contributed by atoms with E-state index in [1.165, 1.54) is 26.3 Å². The van der Waals surface area contributed by atoms with Crippen LogP contribution in [0.2, 0.25) is 0 Å². The van der Waals surface area contributed by atoms with Crippen molar-refractivity contribution in [2.75, 3.05) is 13.2 Å². The molecule has 2 bridgehead atoms. The van der Waals surface area contributed by atoms with E-state index < -0.39 is 46.7 Å². The molecule has 0 aromatic heterocycles. The molecule has 7 atom stereocenters. The summed E-state index contributed by atoms with van der Waals surface area (Å²) in [6, 6.07) is 0. The Bertz CT molecular complexity index is 784. The Hall–Kier alpha value is -1.93. The number of ether oxygens (including phenoxy) is 5. The average Bonchev–Trinajstić information content (AvgIpc) is 3.40. The zero-order valence-corrected chi connectivity index (χ0v) is 17.5. The molecular formula is C21H28O8. The Kier molecular flexibility index (Phi) is 4.59. The molecule has 1 spiro atoms. The number of rotatable bonds is 4. The fourth-order valence-electron chi connectivity index (χ4n) is 5.88. The van der Waals surface area contributed by atoms with Crippen LogP contribution in [0.3, 0.4) is 0 Å². The number of carbonyl (C=O) groups excluding carboxylic acids is 3. The SMILES string of the molecule is CC(=O)OC[C@@]12CCC(C)=CC1O[C@H]1[C@@H](OC(C)=O)[C@@H](OC(C)=O)[C@]2(C)C12CO2. The second kappa shape index (κ2) is 6.54. The van der Waals surface area contributed by atoms with Crippen molar-refractivity contribution in [2.45, 2.75) is 77.5 Å². The molecule has 0 aromatic rings. The van der Waals surface area contributed by atoms with Crippen LogP contribution in [0.5, 0.6) is 0 Å². The average molecular weight is 408 g/mol. The summed E-state index contributed by atoms with van der Waals surface area (Å²) < 4.78 is 29.4. The molecular weight excluding hydrogens is 380 g/mol. The molecule has 160 valence electrons. The quantitative estimate of drug-likeness (QED) is 0.300. The first-order chi connectivity index (χ1) is 13.6. The van der Waals surface area contributed by atoms with Gasteiger partial charge in [0.1, 0.15) is 18.3 Å². The Morgan fingerprint density at radius 2 is 1.79 bits per heavy atom. The molecule has 8 nitrogen and oxygen atoms in total. The molecule has 4 aliphatic rings. The van der Waals surface area contributed by atoms with Gasteiger partial charge in [-0.3, -0.25) is 14.4 Å². The van der Waals surface area contributed by atoms with E-state index in [2.05, 4.69) is 6.08 Å². The van der Waals surface area contributed by atoms with E-state index in [9.17, 15) is 14.4 Å². The van der Waals surface area contributed by atoms with Crippen molar-refractivity contribution in [1.82, 2.24) is 0 Å². The molecule has 3 fully saturated rings. The van der Waals surface area contributed by atoms with Gasteiger partial charge >= 0.3 is 17.9 Å². The normalized spacial score (nSPS) is 44.5. The van der Waals surface area contributed by atoms with Gasteiger partial charge < -0.3 is 23.7 Å². The van der Waals surface area contributed by atoms with Crippen LogP contribution >= 0.6 is 0 Å². The smallest absolute Gasteiger partial charge is 0.303 e.